The van der Waals surface area contributed by atoms with Crippen molar-refractivity contribution in [2.45, 2.75) is 25.5 Å². The minimum atomic E-state index is -0.607. The Morgan fingerprint density at radius 2 is 2.00 bits per heavy atom. The number of hydrogen-bond donors (Lipinski definition) is 3. The van der Waals surface area contributed by atoms with E-state index in [2.05, 4.69) is 16.0 Å². The molecule has 2 amide bonds. The molecule has 0 aliphatic carbocycles. The third kappa shape index (κ3) is 5.21. The maximum Gasteiger partial charge on any atom is 0.324 e. The van der Waals surface area contributed by atoms with E-state index in [1.165, 1.54) is 5.56 Å². The Morgan fingerprint density at radius 1 is 1.19 bits per heavy atom. The average molecular weight is 423 g/mol. The number of carbonyl (C=O) groups is 1. The number of aliphatic hydroxyl groups is 1. The zero-order chi connectivity index (χ0) is 21.8. The molecule has 3 heterocycles. The number of anilines is 1. The highest BCUT2D eigenvalue weighted by molar-refractivity contribution is 5.98. The third-order valence-electron chi connectivity index (χ3n) is 6.11. The summed E-state index contributed by atoms with van der Waals surface area (Å²) in [7, 11) is 0. The number of amidine groups is 1. The lowest BCUT2D eigenvalue weighted by molar-refractivity contribution is 0.0874. The van der Waals surface area contributed by atoms with E-state index in [0.717, 1.165) is 32.5 Å². The van der Waals surface area contributed by atoms with Gasteiger partial charge in [0.15, 0.2) is 0 Å². The van der Waals surface area contributed by atoms with Crippen LogP contribution in [0, 0.1) is 11.3 Å². The molecule has 2 saturated heterocycles. The topological polar surface area (TPSA) is 110 Å². The van der Waals surface area contributed by atoms with Crippen molar-refractivity contribution < 1.29 is 9.90 Å². The summed E-state index contributed by atoms with van der Waals surface area (Å²) in [5.41, 5.74) is 8.05. The van der Waals surface area contributed by atoms with E-state index in [9.17, 15) is 9.90 Å². The van der Waals surface area contributed by atoms with Crippen LogP contribution in [0.25, 0.3) is 0 Å². The Morgan fingerprint density at radius 3 is 2.71 bits per heavy atom. The maximum absolute atomic E-state index is 13.2. The second-order valence-electron chi connectivity index (χ2n) is 8.50. The van der Waals surface area contributed by atoms with Gasteiger partial charge in [0.2, 0.25) is 0 Å². The molecule has 2 aromatic rings. The fraction of sp³-hybridized carbons (Fsp3) is 0.435. The monoisotopic (exact) mass is 422 g/mol. The molecule has 164 valence electrons. The van der Waals surface area contributed by atoms with Crippen molar-refractivity contribution in [3.63, 3.8) is 0 Å². The quantitative estimate of drug-likeness (QED) is 0.486. The van der Waals surface area contributed by atoms with Gasteiger partial charge < -0.3 is 15.7 Å². The van der Waals surface area contributed by atoms with Crippen LogP contribution in [0.4, 0.5) is 10.5 Å². The number of aromatic nitrogens is 1. The molecule has 2 aliphatic heterocycles. The van der Waals surface area contributed by atoms with Gasteiger partial charge in [-0.25, -0.2) is 4.79 Å². The van der Waals surface area contributed by atoms with Gasteiger partial charge >= 0.3 is 6.03 Å². The summed E-state index contributed by atoms with van der Waals surface area (Å²) in [5.74, 6) is 0.381. The highest BCUT2D eigenvalue weighted by Crippen LogP contribution is 2.25. The maximum atomic E-state index is 13.2. The highest BCUT2D eigenvalue weighted by atomic mass is 16.3. The molecule has 0 bridgehead atoms. The number of amides is 2. The van der Waals surface area contributed by atoms with Crippen LogP contribution in [-0.2, 0) is 6.54 Å². The molecule has 31 heavy (non-hydrogen) atoms. The molecule has 8 heteroatoms. The fourth-order valence-corrected chi connectivity index (χ4v) is 4.45. The van der Waals surface area contributed by atoms with Gasteiger partial charge in [-0.1, -0.05) is 18.2 Å². The summed E-state index contributed by atoms with van der Waals surface area (Å²) in [6, 6.07) is 11.0. The summed E-state index contributed by atoms with van der Waals surface area (Å²) in [6.07, 6.45) is 5.15. The standard InChI is InChI=1S/C23H30N6O2/c24-22(25)19-4-1-5-20(11-19)29-16-21(30)15-28(23(29)31)14-17-6-9-27(10-7-17)13-18-3-2-8-26-12-18/h1-5,8,11-12,17,21,30H,6-7,9-10,13-16H2,(H3,24,25). The minimum absolute atomic E-state index is 0.0400. The number of nitrogens with two attached hydrogens (primary N) is 1. The summed E-state index contributed by atoms with van der Waals surface area (Å²) in [5, 5.41) is 18.1. The summed E-state index contributed by atoms with van der Waals surface area (Å²) in [4.78, 5) is 23.2. The number of carbonyl (C=O) groups excluding carboxylic acids is 1. The van der Waals surface area contributed by atoms with Gasteiger partial charge in [-0.05, 0) is 55.6 Å². The van der Waals surface area contributed by atoms with Crippen molar-refractivity contribution in [2.24, 2.45) is 11.7 Å². The van der Waals surface area contributed by atoms with Crippen LogP contribution < -0.4 is 10.6 Å². The Hall–Kier alpha value is -2.97. The lowest BCUT2D eigenvalue weighted by Crippen LogP contribution is -2.57. The predicted molar refractivity (Wildman–Crippen MR) is 120 cm³/mol. The number of rotatable bonds is 6. The van der Waals surface area contributed by atoms with Gasteiger partial charge in [-0.3, -0.25) is 20.2 Å². The molecule has 0 radical (unpaired) electrons. The van der Waals surface area contributed by atoms with E-state index in [0.29, 0.717) is 30.3 Å². The Balaban J connectivity index is 1.36. The lowest BCUT2D eigenvalue weighted by Gasteiger charge is -2.41. The van der Waals surface area contributed by atoms with Gasteiger partial charge in [0.25, 0.3) is 0 Å². The van der Waals surface area contributed by atoms with Crippen LogP contribution in [0.2, 0.25) is 0 Å². The van der Waals surface area contributed by atoms with Crippen molar-refractivity contribution in [2.75, 3.05) is 37.6 Å². The van der Waals surface area contributed by atoms with Gasteiger partial charge in [-0.2, -0.15) is 0 Å². The van der Waals surface area contributed by atoms with Crippen molar-refractivity contribution in [1.82, 2.24) is 14.8 Å². The zero-order valence-corrected chi connectivity index (χ0v) is 17.7. The second kappa shape index (κ2) is 9.45. The van der Waals surface area contributed by atoms with Crippen LogP contribution in [0.3, 0.4) is 0 Å². The first-order chi connectivity index (χ1) is 15.0. The molecule has 2 aliphatic rings. The number of nitrogens with zero attached hydrogens (tertiary/aromatic N) is 4. The number of benzene rings is 1. The molecule has 2 fully saturated rings. The van der Waals surface area contributed by atoms with E-state index in [1.807, 2.05) is 18.3 Å². The summed E-state index contributed by atoms with van der Waals surface area (Å²) >= 11 is 0. The Kier molecular flexibility index (Phi) is 6.48. The normalized spacial score (nSPS) is 20.8. The molecule has 0 saturated carbocycles. The number of hydrogen-bond acceptors (Lipinski definition) is 5. The van der Waals surface area contributed by atoms with Crippen LogP contribution >= 0.6 is 0 Å². The third-order valence-corrected chi connectivity index (χ3v) is 6.11. The van der Waals surface area contributed by atoms with Gasteiger partial charge in [-0.15, -0.1) is 0 Å². The van der Waals surface area contributed by atoms with Crippen LogP contribution in [0.15, 0.2) is 48.8 Å². The zero-order valence-electron chi connectivity index (χ0n) is 17.7. The molecule has 8 nitrogen and oxygen atoms in total. The van der Waals surface area contributed by atoms with E-state index in [-0.39, 0.29) is 18.4 Å². The van der Waals surface area contributed by atoms with Crippen molar-refractivity contribution in [3.8, 4) is 0 Å². The Bertz CT molecular complexity index is 913. The lowest BCUT2D eigenvalue weighted by atomic mass is 9.95. The van der Waals surface area contributed by atoms with Crippen LogP contribution in [-0.4, -0.2) is 70.6 Å². The van der Waals surface area contributed by atoms with E-state index in [1.54, 1.807) is 34.2 Å². The minimum Gasteiger partial charge on any atom is -0.389 e. The molecule has 0 spiro atoms. The van der Waals surface area contributed by atoms with E-state index in [4.69, 9.17) is 11.1 Å². The van der Waals surface area contributed by atoms with Crippen molar-refractivity contribution >= 4 is 17.6 Å². The number of β-amino-alcohol motifs (C(OH)–C–C–N with tert-alkyl or cyclic N) is 1. The molecule has 1 aromatic heterocycles. The molecule has 1 atom stereocenters. The average Bonchev–Trinajstić information content (AvgIpc) is 2.78. The number of nitrogens with one attached hydrogen (secondary N) is 1. The fourth-order valence-electron chi connectivity index (χ4n) is 4.45. The smallest absolute Gasteiger partial charge is 0.324 e. The first-order valence-electron chi connectivity index (χ1n) is 10.8. The molecule has 4 rings (SSSR count). The first-order valence-corrected chi connectivity index (χ1v) is 10.8. The van der Waals surface area contributed by atoms with Crippen molar-refractivity contribution in [3.05, 3.63) is 59.9 Å². The number of nitrogen functional groups attached to an aromatic ring is 1. The number of piperidine rings is 1. The number of aliphatic hydroxyl groups excluding tert-OH is 1. The van der Waals surface area contributed by atoms with Crippen LogP contribution in [0.5, 0.6) is 0 Å². The van der Waals surface area contributed by atoms with Crippen LogP contribution in [0.1, 0.15) is 24.0 Å². The summed E-state index contributed by atoms with van der Waals surface area (Å²) in [6.45, 7) is 4.16. The largest absolute Gasteiger partial charge is 0.389 e. The molecular formula is C23H30N6O2. The molecule has 4 N–H and O–H groups in total. The highest BCUT2D eigenvalue weighted by Gasteiger charge is 2.34. The first kappa shape index (κ1) is 21.3. The second-order valence-corrected chi connectivity index (χ2v) is 8.50. The predicted octanol–water partition coefficient (Wildman–Crippen LogP) is 1.88. The number of likely N-dealkylation sites (tertiary alicyclic amines) is 1. The van der Waals surface area contributed by atoms with Gasteiger partial charge in [0.1, 0.15) is 5.84 Å². The SMILES string of the molecule is N=C(N)c1cccc(N2CC(O)CN(CC3CCN(Cc4cccnc4)CC3)C2=O)c1. The number of pyridine rings is 1. The van der Waals surface area contributed by atoms with Gasteiger partial charge in [0, 0.05) is 36.7 Å². The molecule has 1 aromatic carbocycles. The Labute approximate surface area is 182 Å². The van der Waals surface area contributed by atoms with E-state index < -0.39 is 6.10 Å². The van der Waals surface area contributed by atoms with E-state index >= 15 is 0 Å². The van der Waals surface area contributed by atoms with Crippen molar-refractivity contribution in [1.29, 1.82) is 5.41 Å². The van der Waals surface area contributed by atoms with Gasteiger partial charge in [0.05, 0.1) is 19.2 Å². The molecule has 1 unspecified atom stereocenters. The summed E-state index contributed by atoms with van der Waals surface area (Å²) < 4.78 is 0. The molecular weight excluding hydrogens is 392 g/mol. The number of urea groups is 1.